The summed E-state index contributed by atoms with van der Waals surface area (Å²) in [6, 6.07) is 11.5. The number of amides is 1. The molecule has 0 heterocycles. The largest absolute Gasteiger partial charge is 0.388 e. The van der Waals surface area contributed by atoms with E-state index in [4.69, 9.17) is 5.26 Å². The van der Waals surface area contributed by atoms with E-state index in [0.717, 1.165) is 5.56 Å². The average Bonchev–Trinajstić information content (AvgIpc) is 2.47. The number of nitrogens with zero attached hydrogens (tertiary/aromatic N) is 1. The van der Waals surface area contributed by atoms with E-state index in [1.54, 1.807) is 6.92 Å². The topological polar surface area (TPSA) is 73.1 Å². The first-order valence-electron chi connectivity index (χ1n) is 6.92. The molecule has 1 amide bonds. The number of hydrogen-bond acceptors (Lipinski definition) is 4. The molecule has 21 heavy (non-hydrogen) atoms. The predicted octanol–water partition coefficient (Wildman–Crippen LogP) is 2.51. The Kier molecular flexibility index (Phi) is 6.73. The number of benzene rings is 1. The van der Waals surface area contributed by atoms with Crippen molar-refractivity contribution in [3.05, 3.63) is 35.9 Å². The van der Waals surface area contributed by atoms with Crippen LogP contribution in [0.3, 0.4) is 0 Å². The summed E-state index contributed by atoms with van der Waals surface area (Å²) < 4.78 is 0. The third kappa shape index (κ3) is 5.41. The van der Waals surface area contributed by atoms with Crippen molar-refractivity contribution in [2.45, 2.75) is 32.4 Å². The lowest BCUT2D eigenvalue weighted by Gasteiger charge is -2.27. The van der Waals surface area contributed by atoms with Gasteiger partial charge in [0.25, 0.3) is 0 Å². The predicted molar refractivity (Wildman–Crippen MR) is 85.7 cm³/mol. The number of carbonyl (C=O) groups excluding carboxylic acids is 1. The number of hydrogen-bond donors (Lipinski definition) is 2. The van der Waals surface area contributed by atoms with E-state index >= 15 is 0 Å². The third-order valence-electron chi connectivity index (χ3n) is 3.48. The molecule has 0 aliphatic heterocycles. The quantitative estimate of drug-likeness (QED) is 0.812. The Hall–Kier alpha value is -1.51. The molecule has 0 saturated carbocycles. The molecule has 0 unspecified atom stereocenters. The lowest BCUT2D eigenvalue weighted by atomic mass is 9.90. The summed E-state index contributed by atoms with van der Waals surface area (Å²) in [6.07, 6.45) is -0.587. The molecule has 0 aliphatic carbocycles. The van der Waals surface area contributed by atoms with Crippen LogP contribution in [0.2, 0.25) is 0 Å². The van der Waals surface area contributed by atoms with Crippen molar-refractivity contribution >= 4 is 17.7 Å². The molecule has 0 fully saturated rings. The summed E-state index contributed by atoms with van der Waals surface area (Å²) in [6.45, 7) is 5.52. The Morgan fingerprint density at radius 3 is 2.57 bits per heavy atom. The molecule has 0 saturated heterocycles. The van der Waals surface area contributed by atoms with Gasteiger partial charge in [0.15, 0.2) is 0 Å². The third-order valence-corrected chi connectivity index (χ3v) is 4.50. The van der Waals surface area contributed by atoms with Crippen LogP contribution in [0.4, 0.5) is 0 Å². The van der Waals surface area contributed by atoms with Gasteiger partial charge in [-0.25, -0.2) is 0 Å². The second-order valence-corrected chi connectivity index (χ2v) is 6.49. The molecule has 5 heteroatoms. The normalized spacial score (nSPS) is 15.0. The summed E-state index contributed by atoms with van der Waals surface area (Å²) in [7, 11) is 0. The number of carbonyl (C=O) groups is 1. The maximum atomic E-state index is 11.9. The van der Waals surface area contributed by atoms with Gasteiger partial charge in [0.2, 0.25) is 5.91 Å². The van der Waals surface area contributed by atoms with E-state index in [9.17, 15) is 9.90 Å². The van der Waals surface area contributed by atoms with Gasteiger partial charge in [0.1, 0.15) is 5.54 Å². The molecule has 114 valence electrons. The number of rotatable bonds is 7. The van der Waals surface area contributed by atoms with E-state index in [2.05, 4.69) is 11.4 Å². The molecule has 2 atom stereocenters. The highest BCUT2D eigenvalue weighted by Crippen LogP contribution is 2.19. The molecule has 0 bridgehead atoms. The van der Waals surface area contributed by atoms with Crippen molar-refractivity contribution in [3.63, 3.8) is 0 Å². The summed E-state index contributed by atoms with van der Waals surface area (Å²) in [5, 5.41) is 21.9. The minimum Gasteiger partial charge on any atom is -0.388 e. The van der Waals surface area contributed by atoms with Crippen molar-refractivity contribution in [3.8, 4) is 6.07 Å². The van der Waals surface area contributed by atoms with Gasteiger partial charge in [-0.2, -0.15) is 5.26 Å². The highest BCUT2D eigenvalue weighted by molar-refractivity contribution is 7.99. The maximum Gasteiger partial charge on any atom is 0.231 e. The van der Waals surface area contributed by atoms with Crippen LogP contribution in [0.15, 0.2) is 30.3 Å². The van der Waals surface area contributed by atoms with Crippen molar-refractivity contribution in [1.29, 1.82) is 5.26 Å². The molecule has 0 spiro atoms. The number of nitriles is 1. The fourth-order valence-electron chi connectivity index (χ4n) is 1.66. The Morgan fingerprint density at radius 1 is 1.43 bits per heavy atom. The van der Waals surface area contributed by atoms with Gasteiger partial charge in [0, 0.05) is 5.75 Å². The lowest BCUT2D eigenvalue weighted by Crippen LogP contribution is -2.49. The summed E-state index contributed by atoms with van der Waals surface area (Å²) >= 11 is 1.36. The van der Waals surface area contributed by atoms with Crippen molar-refractivity contribution < 1.29 is 9.90 Å². The molecule has 1 aromatic rings. The zero-order valence-electron chi connectivity index (χ0n) is 12.7. The second-order valence-electron chi connectivity index (χ2n) is 5.46. The zero-order chi connectivity index (χ0) is 15.9. The van der Waals surface area contributed by atoms with E-state index < -0.39 is 11.6 Å². The Morgan fingerprint density at radius 2 is 2.05 bits per heavy atom. The fraction of sp³-hybridized carbons (Fsp3) is 0.500. The van der Waals surface area contributed by atoms with E-state index in [1.165, 1.54) is 11.8 Å². The van der Waals surface area contributed by atoms with E-state index in [-0.39, 0.29) is 17.6 Å². The molecular weight excluding hydrogens is 284 g/mol. The number of nitrogens with one attached hydrogen (secondary N) is 1. The van der Waals surface area contributed by atoms with Crippen LogP contribution >= 0.6 is 11.8 Å². The minimum atomic E-state index is -0.851. The Labute approximate surface area is 130 Å². The summed E-state index contributed by atoms with van der Waals surface area (Å²) in [5.41, 5.74) is -0.00941. The van der Waals surface area contributed by atoms with Crippen molar-refractivity contribution in [1.82, 2.24) is 5.32 Å². The van der Waals surface area contributed by atoms with Crippen LogP contribution in [0, 0.1) is 17.2 Å². The van der Waals surface area contributed by atoms with Crippen LogP contribution in [0.5, 0.6) is 0 Å². The highest BCUT2D eigenvalue weighted by Gasteiger charge is 2.29. The molecule has 0 aromatic heterocycles. The first kappa shape index (κ1) is 17.5. The SMILES string of the molecule is CC(C)[C@@](C)(C#N)NC(=O)CSC[C@H](O)c1ccccc1. The maximum absolute atomic E-state index is 11.9. The highest BCUT2D eigenvalue weighted by atomic mass is 32.2. The molecule has 1 aromatic carbocycles. The Balaban J connectivity index is 2.39. The van der Waals surface area contributed by atoms with Gasteiger partial charge in [-0.15, -0.1) is 11.8 Å². The molecule has 0 aliphatic rings. The van der Waals surface area contributed by atoms with Gasteiger partial charge in [-0.1, -0.05) is 44.2 Å². The molecule has 0 radical (unpaired) electrons. The monoisotopic (exact) mass is 306 g/mol. The van der Waals surface area contributed by atoms with Crippen molar-refractivity contribution in [2.75, 3.05) is 11.5 Å². The Bertz CT molecular complexity index is 499. The standard InChI is InChI=1S/C16H22N2O2S/c1-12(2)16(3,11-17)18-15(20)10-21-9-14(19)13-7-5-4-6-8-13/h4-8,12,14,19H,9-10H2,1-3H3,(H,18,20)/t14-,16+/m0/s1. The van der Waals surface area contributed by atoms with Gasteiger partial charge in [-0.3, -0.25) is 4.79 Å². The first-order valence-corrected chi connectivity index (χ1v) is 8.07. The number of thioether (sulfide) groups is 1. The van der Waals surface area contributed by atoms with Crippen LogP contribution in [-0.4, -0.2) is 28.1 Å². The van der Waals surface area contributed by atoms with E-state index in [1.807, 2.05) is 44.2 Å². The van der Waals surface area contributed by atoms with Crippen LogP contribution in [0.1, 0.15) is 32.4 Å². The lowest BCUT2D eigenvalue weighted by molar-refractivity contribution is -0.120. The average molecular weight is 306 g/mol. The van der Waals surface area contributed by atoms with Crippen LogP contribution in [-0.2, 0) is 4.79 Å². The molecule has 1 rings (SSSR count). The van der Waals surface area contributed by atoms with Gasteiger partial charge in [0.05, 0.1) is 17.9 Å². The fourth-order valence-corrected chi connectivity index (χ4v) is 2.45. The summed E-state index contributed by atoms with van der Waals surface area (Å²) in [4.78, 5) is 11.9. The molecule has 2 N–H and O–H groups in total. The molecule has 4 nitrogen and oxygen atoms in total. The van der Waals surface area contributed by atoms with Gasteiger partial charge in [-0.05, 0) is 18.4 Å². The number of aliphatic hydroxyl groups excluding tert-OH is 1. The summed E-state index contributed by atoms with van der Waals surface area (Å²) in [5.74, 6) is 0.528. The van der Waals surface area contributed by atoms with E-state index in [0.29, 0.717) is 5.75 Å². The van der Waals surface area contributed by atoms with Crippen LogP contribution < -0.4 is 5.32 Å². The smallest absolute Gasteiger partial charge is 0.231 e. The van der Waals surface area contributed by atoms with Gasteiger partial charge >= 0.3 is 0 Å². The molecular formula is C16H22N2O2S. The van der Waals surface area contributed by atoms with Gasteiger partial charge < -0.3 is 10.4 Å². The van der Waals surface area contributed by atoms with Crippen LogP contribution in [0.25, 0.3) is 0 Å². The number of aliphatic hydroxyl groups is 1. The second kappa shape index (κ2) is 8.06. The first-order chi connectivity index (χ1) is 9.89. The zero-order valence-corrected chi connectivity index (χ0v) is 13.5. The minimum absolute atomic E-state index is 0.0337. The van der Waals surface area contributed by atoms with Crippen molar-refractivity contribution in [2.24, 2.45) is 5.92 Å².